The fourth-order valence-corrected chi connectivity index (χ4v) is 3.58. The molecule has 0 fully saturated rings. The summed E-state index contributed by atoms with van der Waals surface area (Å²) in [6.07, 6.45) is 3.45. The molecule has 2 aromatic carbocycles. The summed E-state index contributed by atoms with van der Waals surface area (Å²) in [6, 6.07) is 11.8. The first-order chi connectivity index (χ1) is 10.7. The average molecular weight is 312 g/mol. The summed E-state index contributed by atoms with van der Waals surface area (Å²) < 4.78 is 1.02. The van der Waals surface area contributed by atoms with Crippen molar-refractivity contribution in [2.24, 2.45) is 0 Å². The number of aryl methyl sites for hydroxylation is 1. The fourth-order valence-electron chi connectivity index (χ4n) is 2.58. The van der Waals surface area contributed by atoms with Crippen LogP contribution in [-0.2, 0) is 6.42 Å². The molecule has 2 N–H and O–H groups in total. The first kappa shape index (κ1) is 14.9. The van der Waals surface area contributed by atoms with Crippen LogP contribution < -0.4 is 5.32 Å². The number of nitrogens with zero attached hydrogens (tertiary/aromatic N) is 1. The largest absolute Gasteiger partial charge is 0.508 e. The van der Waals surface area contributed by atoms with Crippen molar-refractivity contribution in [1.82, 2.24) is 4.98 Å². The predicted octanol–water partition coefficient (Wildman–Crippen LogP) is 5.05. The number of thiazole rings is 1. The van der Waals surface area contributed by atoms with E-state index >= 15 is 0 Å². The Kier molecular flexibility index (Phi) is 4.29. The Morgan fingerprint density at radius 3 is 2.82 bits per heavy atom. The van der Waals surface area contributed by atoms with Gasteiger partial charge in [0.15, 0.2) is 0 Å². The van der Waals surface area contributed by atoms with Gasteiger partial charge in [0, 0.05) is 18.3 Å². The minimum Gasteiger partial charge on any atom is -0.508 e. The Labute approximate surface area is 134 Å². The lowest BCUT2D eigenvalue weighted by Crippen LogP contribution is -1.96. The van der Waals surface area contributed by atoms with Crippen molar-refractivity contribution < 1.29 is 5.11 Å². The van der Waals surface area contributed by atoms with Gasteiger partial charge in [0.1, 0.15) is 10.8 Å². The summed E-state index contributed by atoms with van der Waals surface area (Å²) in [6.45, 7) is 2.21. The second-order valence-corrected chi connectivity index (χ2v) is 6.43. The van der Waals surface area contributed by atoms with Crippen LogP contribution in [0.4, 0.5) is 5.69 Å². The third-order valence-electron chi connectivity index (χ3n) is 3.79. The van der Waals surface area contributed by atoms with Gasteiger partial charge in [0.25, 0.3) is 0 Å². The lowest BCUT2D eigenvalue weighted by atomic mass is 10.0. The van der Waals surface area contributed by atoms with E-state index in [2.05, 4.69) is 35.4 Å². The van der Waals surface area contributed by atoms with E-state index in [4.69, 9.17) is 0 Å². The smallest absolute Gasteiger partial charge is 0.124 e. The van der Waals surface area contributed by atoms with Crippen molar-refractivity contribution in [1.29, 1.82) is 0 Å². The normalized spacial score (nSPS) is 11.0. The zero-order chi connectivity index (χ0) is 15.5. The Morgan fingerprint density at radius 1 is 1.18 bits per heavy atom. The van der Waals surface area contributed by atoms with Crippen LogP contribution in [-0.4, -0.2) is 17.1 Å². The Morgan fingerprint density at radius 2 is 2.05 bits per heavy atom. The van der Waals surface area contributed by atoms with Gasteiger partial charge in [-0.1, -0.05) is 13.3 Å². The molecule has 0 unspecified atom stereocenters. The van der Waals surface area contributed by atoms with Gasteiger partial charge in [0.05, 0.1) is 10.2 Å². The minimum atomic E-state index is 0.289. The van der Waals surface area contributed by atoms with E-state index in [1.165, 1.54) is 24.1 Å². The van der Waals surface area contributed by atoms with Crippen LogP contribution >= 0.6 is 11.3 Å². The number of benzene rings is 2. The van der Waals surface area contributed by atoms with Gasteiger partial charge in [-0.25, -0.2) is 4.98 Å². The molecule has 4 heteroatoms. The monoisotopic (exact) mass is 312 g/mol. The highest BCUT2D eigenvalue weighted by Crippen LogP contribution is 2.33. The van der Waals surface area contributed by atoms with E-state index in [1.807, 2.05) is 13.1 Å². The molecule has 1 aromatic heterocycles. The highest BCUT2D eigenvalue weighted by molar-refractivity contribution is 7.21. The van der Waals surface area contributed by atoms with Gasteiger partial charge in [-0.05, 0) is 54.8 Å². The van der Waals surface area contributed by atoms with E-state index in [9.17, 15) is 5.11 Å². The summed E-state index contributed by atoms with van der Waals surface area (Å²) in [5, 5.41) is 13.9. The molecule has 0 saturated carbocycles. The molecule has 114 valence electrons. The fraction of sp³-hybridized carbons (Fsp3) is 0.278. The summed E-state index contributed by atoms with van der Waals surface area (Å²) >= 11 is 1.62. The highest BCUT2D eigenvalue weighted by Gasteiger charge is 2.09. The van der Waals surface area contributed by atoms with Crippen LogP contribution in [0.3, 0.4) is 0 Å². The van der Waals surface area contributed by atoms with Crippen LogP contribution in [0.15, 0.2) is 36.4 Å². The van der Waals surface area contributed by atoms with Gasteiger partial charge >= 0.3 is 0 Å². The second kappa shape index (κ2) is 6.36. The number of aromatic hydroxyl groups is 1. The topological polar surface area (TPSA) is 45.2 Å². The molecule has 0 aliphatic heterocycles. The highest BCUT2D eigenvalue weighted by atomic mass is 32.1. The maximum absolute atomic E-state index is 9.59. The quantitative estimate of drug-likeness (QED) is 0.692. The van der Waals surface area contributed by atoms with Crippen molar-refractivity contribution >= 4 is 27.2 Å². The number of phenols is 1. The van der Waals surface area contributed by atoms with E-state index in [0.29, 0.717) is 0 Å². The number of unbranched alkanes of at least 4 members (excludes halogenated alkanes) is 1. The number of nitrogens with one attached hydrogen (secondary N) is 1. The first-order valence-corrected chi connectivity index (χ1v) is 8.43. The average Bonchev–Trinajstić information content (AvgIpc) is 2.95. The molecule has 3 rings (SSSR count). The standard InChI is InChI=1S/C18H20N2OS/c1-3-4-5-12-10-13(6-8-15(12)19-2)18-20-16-9-7-14(21)11-17(16)22-18/h6-11,19,21H,3-5H2,1-2H3. The van der Waals surface area contributed by atoms with Crippen molar-refractivity contribution in [2.45, 2.75) is 26.2 Å². The molecule has 0 saturated heterocycles. The van der Waals surface area contributed by atoms with E-state index in [-0.39, 0.29) is 5.75 Å². The lowest BCUT2D eigenvalue weighted by molar-refractivity contribution is 0.476. The predicted molar refractivity (Wildman–Crippen MR) is 94.9 cm³/mol. The summed E-state index contributed by atoms with van der Waals surface area (Å²) in [4.78, 5) is 4.69. The number of hydrogen-bond acceptors (Lipinski definition) is 4. The molecule has 0 bridgehead atoms. The zero-order valence-corrected chi connectivity index (χ0v) is 13.7. The molecule has 3 aromatic rings. The SMILES string of the molecule is CCCCc1cc(-c2nc3ccc(O)cc3s2)ccc1NC. The van der Waals surface area contributed by atoms with Crippen molar-refractivity contribution in [3.63, 3.8) is 0 Å². The van der Waals surface area contributed by atoms with Crippen LogP contribution in [0.2, 0.25) is 0 Å². The van der Waals surface area contributed by atoms with Gasteiger partial charge in [-0.2, -0.15) is 0 Å². The summed E-state index contributed by atoms with van der Waals surface area (Å²) in [5.74, 6) is 0.289. The molecule has 0 aliphatic rings. The summed E-state index contributed by atoms with van der Waals surface area (Å²) in [7, 11) is 1.96. The van der Waals surface area contributed by atoms with Gasteiger partial charge in [-0.3, -0.25) is 0 Å². The Balaban J connectivity index is 2.01. The molecule has 22 heavy (non-hydrogen) atoms. The van der Waals surface area contributed by atoms with Crippen LogP contribution in [0.5, 0.6) is 5.75 Å². The number of phenolic OH excluding ortho intramolecular Hbond substituents is 1. The van der Waals surface area contributed by atoms with E-state index < -0.39 is 0 Å². The third-order valence-corrected chi connectivity index (χ3v) is 4.86. The van der Waals surface area contributed by atoms with Crippen molar-refractivity contribution in [2.75, 3.05) is 12.4 Å². The second-order valence-electron chi connectivity index (χ2n) is 5.40. The Hall–Kier alpha value is -2.07. The van der Waals surface area contributed by atoms with E-state index in [0.717, 1.165) is 27.2 Å². The van der Waals surface area contributed by atoms with Crippen LogP contribution in [0.25, 0.3) is 20.8 Å². The molecule has 0 radical (unpaired) electrons. The molecular weight excluding hydrogens is 292 g/mol. The van der Waals surface area contributed by atoms with Gasteiger partial charge < -0.3 is 10.4 Å². The van der Waals surface area contributed by atoms with Gasteiger partial charge in [-0.15, -0.1) is 11.3 Å². The number of hydrogen-bond donors (Lipinski definition) is 2. The maximum atomic E-state index is 9.59. The third kappa shape index (κ3) is 2.92. The van der Waals surface area contributed by atoms with Gasteiger partial charge in [0.2, 0.25) is 0 Å². The van der Waals surface area contributed by atoms with Crippen molar-refractivity contribution in [3.05, 3.63) is 42.0 Å². The Bertz CT molecular complexity index is 795. The zero-order valence-electron chi connectivity index (χ0n) is 12.9. The number of fused-ring (bicyclic) bond motifs is 1. The maximum Gasteiger partial charge on any atom is 0.124 e. The molecule has 0 amide bonds. The minimum absolute atomic E-state index is 0.289. The van der Waals surface area contributed by atoms with E-state index in [1.54, 1.807) is 23.5 Å². The molecule has 3 nitrogen and oxygen atoms in total. The molecule has 1 heterocycles. The molecule has 0 aliphatic carbocycles. The number of aromatic nitrogens is 1. The van der Waals surface area contributed by atoms with Crippen LogP contribution in [0, 0.1) is 0 Å². The number of anilines is 1. The molecule has 0 atom stereocenters. The number of rotatable bonds is 5. The molecular formula is C18H20N2OS. The lowest BCUT2D eigenvalue weighted by Gasteiger charge is -2.10. The van der Waals surface area contributed by atoms with Crippen molar-refractivity contribution in [3.8, 4) is 16.3 Å². The first-order valence-electron chi connectivity index (χ1n) is 7.62. The summed E-state index contributed by atoms with van der Waals surface area (Å²) in [5.41, 5.74) is 4.61. The molecule has 0 spiro atoms. The van der Waals surface area contributed by atoms with Crippen LogP contribution in [0.1, 0.15) is 25.3 Å².